The molecule has 0 saturated heterocycles. The van der Waals surface area contributed by atoms with Crippen molar-refractivity contribution in [3.8, 4) is 0 Å². The van der Waals surface area contributed by atoms with E-state index in [1.807, 2.05) is 30.3 Å². The normalized spacial score (nSPS) is 16.6. The monoisotopic (exact) mass is 427 g/mol. The Morgan fingerprint density at radius 3 is 2.45 bits per heavy atom. The van der Waals surface area contributed by atoms with Crippen LogP contribution in [0.5, 0.6) is 0 Å². The second kappa shape index (κ2) is 7.78. The third-order valence-corrected chi connectivity index (χ3v) is 5.49. The van der Waals surface area contributed by atoms with Gasteiger partial charge in [-0.2, -0.15) is 0 Å². The average Bonchev–Trinajstić information content (AvgIpc) is 3.34. The van der Waals surface area contributed by atoms with E-state index in [0.29, 0.717) is 10.6 Å². The van der Waals surface area contributed by atoms with E-state index < -0.39 is 23.5 Å². The Kier molecular flexibility index (Phi) is 5.18. The number of amides is 1. The largest absolute Gasteiger partial charge is 0.503 e. The molecule has 146 valence electrons. The van der Waals surface area contributed by atoms with Crippen LogP contribution in [0.15, 0.2) is 82.7 Å². The predicted octanol–water partition coefficient (Wildman–Crippen LogP) is 5.36. The number of carbonyl (C=O) groups is 2. The fourth-order valence-corrected chi connectivity index (χ4v) is 3.70. The number of carbonyl (C=O) groups excluding carboxylic acids is 2. The van der Waals surface area contributed by atoms with Gasteiger partial charge in [-0.1, -0.05) is 59.6 Å². The van der Waals surface area contributed by atoms with Gasteiger partial charge in [-0.15, -0.1) is 0 Å². The fraction of sp³-hybridized carbons (Fsp3) is 0.0909. The Morgan fingerprint density at radius 1 is 1.03 bits per heavy atom. The molecule has 29 heavy (non-hydrogen) atoms. The third-order valence-electron chi connectivity index (χ3n) is 4.75. The highest BCUT2D eigenvalue weighted by Crippen LogP contribution is 2.41. The number of hydrogen-bond donors (Lipinski definition) is 1. The first-order chi connectivity index (χ1) is 14.0. The van der Waals surface area contributed by atoms with Crippen LogP contribution in [0.25, 0.3) is 0 Å². The van der Waals surface area contributed by atoms with Crippen LogP contribution in [0.3, 0.4) is 0 Å². The molecule has 0 saturated carbocycles. The first-order valence-electron chi connectivity index (χ1n) is 8.78. The molecule has 5 nitrogen and oxygen atoms in total. The lowest BCUT2D eigenvalue weighted by atomic mass is 9.95. The van der Waals surface area contributed by atoms with Crippen LogP contribution in [0.2, 0.25) is 10.0 Å². The lowest BCUT2D eigenvalue weighted by molar-refractivity contribution is -0.130. The number of ketones is 1. The predicted molar refractivity (Wildman–Crippen MR) is 109 cm³/mol. The minimum absolute atomic E-state index is 0.0333. The first-order valence-corrected chi connectivity index (χ1v) is 9.54. The summed E-state index contributed by atoms with van der Waals surface area (Å²) in [5, 5.41) is 11.2. The second-order valence-corrected chi connectivity index (χ2v) is 7.38. The van der Waals surface area contributed by atoms with Crippen molar-refractivity contribution in [2.45, 2.75) is 12.6 Å². The van der Waals surface area contributed by atoms with Crippen LogP contribution >= 0.6 is 23.2 Å². The van der Waals surface area contributed by atoms with Gasteiger partial charge in [0.25, 0.3) is 5.91 Å². The van der Waals surface area contributed by atoms with Gasteiger partial charge in [-0.25, -0.2) is 0 Å². The summed E-state index contributed by atoms with van der Waals surface area (Å²) < 4.78 is 5.20. The van der Waals surface area contributed by atoms with Gasteiger partial charge in [0.15, 0.2) is 11.5 Å². The summed E-state index contributed by atoms with van der Waals surface area (Å²) in [5.74, 6) is -1.77. The van der Waals surface area contributed by atoms with Crippen molar-refractivity contribution in [2.75, 3.05) is 0 Å². The van der Waals surface area contributed by atoms with E-state index in [2.05, 4.69) is 0 Å². The number of aliphatic hydroxyl groups is 1. The smallest absolute Gasteiger partial charge is 0.290 e. The molecule has 0 spiro atoms. The number of aliphatic hydroxyl groups excluding tert-OH is 1. The van der Waals surface area contributed by atoms with E-state index in [1.165, 1.54) is 17.2 Å². The number of hydrogen-bond acceptors (Lipinski definition) is 4. The van der Waals surface area contributed by atoms with Crippen molar-refractivity contribution in [3.05, 3.63) is 105 Å². The Bertz CT molecular complexity index is 1110. The van der Waals surface area contributed by atoms with Crippen molar-refractivity contribution in [1.29, 1.82) is 0 Å². The van der Waals surface area contributed by atoms with Gasteiger partial charge in [0.05, 0.1) is 27.9 Å². The summed E-state index contributed by atoms with van der Waals surface area (Å²) in [5.41, 5.74) is 1.35. The van der Waals surface area contributed by atoms with Gasteiger partial charge in [0, 0.05) is 6.54 Å². The molecule has 0 aliphatic carbocycles. The van der Waals surface area contributed by atoms with Crippen LogP contribution in [0.4, 0.5) is 0 Å². The van der Waals surface area contributed by atoms with E-state index >= 15 is 0 Å². The minimum atomic E-state index is -0.838. The maximum absolute atomic E-state index is 13.0. The van der Waals surface area contributed by atoms with E-state index in [1.54, 1.807) is 24.3 Å². The number of halogens is 2. The Balaban J connectivity index is 1.82. The van der Waals surface area contributed by atoms with Gasteiger partial charge in [-0.3, -0.25) is 9.59 Å². The van der Waals surface area contributed by atoms with Crippen molar-refractivity contribution < 1.29 is 19.1 Å². The maximum Gasteiger partial charge on any atom is 0.290 e. The molecular formula is C22H15Cl2NO4. The van der Waals surface area contributed by atoms with E-state index in [0.717, 1.165) is 5.56 Å². The van der Waals surface area contributed by atoms with E-state index in [-0.39, 0.29) is 22.9 Å². The standard InChI is InChI=1S/C22H15Cl2NO4/c23-15-9-8-14(11-16(15)24)19-18(20(26)17-7-4-10-29-17)21(27)22(28)25(19)12-13-5-2-1-3-6-13/h1-11,19,27H,12H2. The van der Waals surface area contributed by atoms with Crippen LogP contribution in [-0.4, -0.2) is 21.7 Å². The molecule has 1 unspecified atom stereocenters. The van der Waals surface area contributed by atoms with E-state index in [9.17, 15) is 14.7 Å². The molecule has 3 aromatic rings. The zero-order valence-electron chi connectivity index (χ0n) is 15.0. The molecule has 0 fully saturated rings. The molecule has 1 atom stereocenters. The van der Waals surface area contributed by atoms with Crippen LogP contribution in [0, 0.1) is 0 Å². The summed E-state index contributed by atoms with van der Waals surface area (Å²) in [4.78, 5) is 27.4. The highest BCUT2D eigenvalue weighted by Gasteiger charge is 2.44. The number of rotatable bonds is 5. The highest BCUT2D eigenvalue weighted by molar-refractivity contribution is 6.42. The molecule has 2 aromatic carbocycles. The average molecular weight is 428 g/mol. The molecule has 1 amide bonds. The van der Waals surface area contributed by atoms with Crippen molar-refractivity contribution >= 4 is 34.9 Å². The summed E-state index contributed by atoms with van der Waals surface area (Å²) in [6.07, 6.45) is 1.36. The number of benzene rings is 2. The molecule has 1 aliphatic rings. The van der Waals surface area contributed by atoms with Crippen LogP contribution in [-0.2, 0) is 11.3 Å². The second-order valence-electron chi connectivity index (χ2n) is 6.56. The number of furan rings is 1. The van der Waals surface area contributed by atoms with E-state index in [4.69, 9.17) is 27.6 Å². The third kappa shape index (κ3) is 3.55. The van der Waals surface area contributed by atoms with Crippen molar-refractivity contribution in [3.63, 3.8) is 0 Å². The summed E-state index contributed by atoms with van der Waals surface area (Å²) >= 11 is 12.2. The van der Waals surface area contributed by atoms with Crippen molar-refractivity contribution in [1.82, 2.24) is 4.90 Å². The SMILES string of the molecule is O=C(C1=C(O)C(=O)N(Cc2ccccc2)C1c1ccc(Cl)c(Cl)c1)c1ccco1. The molecule has 1 aromatic heterocycles. The molecule has 4 rings (SSSR count). The van der Waals surface area contributed by atoms with Crippen LogP contribution < -0.4 is 0 Å². The van der Waals surface area contributed by atoms with Gasteiger partial charge < -0.3 is 14.4 Å². The Morgan fingerprint density at radius 2 is 1.79 bits per heavy atom. The number of nitrogens with zero attached hydrogens (tertiary/aromatic N) is 1. The molecule has 7 heteroatoms. The van der Waals surface area contributed by atoms with Gasteiger partial charge in [0.1, 0.15) is 0 Å². The minimum Gasteiger partial charge on any atom is -0.503 e. The fourth-order valence-electron chi connectivity index (χ4n) is 3.40. The quantitative estimate of drug-likeness (QED) is 0.555. The number of Topliss-reactive ketones (excluding diaryl/α,β-unsaturated/α-hetero) is 1. The molecular weight excluding hydrogens is 413 g/mol. The van der Waals surface area contributed by atoms with Gasteiger partial charge in [-0.05, 0) is 35.4 Å². The summed E-state index contributed by atoms with van der Waals surface area (Å²) in [6.45, 7) is 0.198. The molecule has 1 aliphatic heterocycles. The molecule has 1 N–H and O–H groups in total. The molecule has 2 heterocycles. The lowest BCUT2D eigenvalue weighted by Gasteiger charge is -2.27. The molecule has 0 bridgehead atoms. The topological polar surface area (TPSA) is 70.8 Å². The first kappa shape index (κ1) is 19.3. The lowest BCUT2D eigenvalue weighted by Crippen LogP contribution is -2.30. The summed E-state index contributed by atoms with van der Waals surface area (Å²) in [6, 6.07) is 16.4. The maximum atomic E-state index is 13.0. The van der Waals surface area contributed by atoms with Gasteiger partial charge in [0.2, 0.25) is 5.78 Å². The zero-order valence-corrected chi connectivity index (χ0v) is 16.5. The highest BCUT2D eigenvalue weighted by atomic mass is 35.5. The van der Waals surface area contributed by atoms with Gasteiger partial charge >= 0.3 is 0 Å². The van der Waals surface area contributed by atoms with Crippen LogP contribution in [0.1, 0.15) is 27.7 Å². The molecule has 0 radical (unpaired) electrons. The zero-order chi connectivity index (χ0) is 20.5. The Labute approximate surface area is 176 Å². The van der Waals surface area contributed by atoms with Crippen molar-refractivity contribution in [2.24, 2.45) is 0 Å². The Hall–Kier alpha value is -3.02. The summed E-state index contributed by atoms with van der Waals surface area (Å²) in [7, 11) is 0.